The summed E-state index contributed by atoms with van der Waals surface area (Å²) in [5.41, 5.74) is 3.04. The minimum Gasteiger partial charge on any atom is -0.354 e. The molecule has 1 aromatic heterocycles. The van der Waals surface area contributed by atoms with Gasteiger partial charge >= 0.3 is 0 Å². The smallest absolute Gasteiger partial charge is 0.261 e. The minimum atomic E-state index is -3.76. The molecule has 0 aliphatic rings. The summed E-state index contributed by atoms with van der Waals surface area (Å²) in [6.07, 6.45) is 3.75. The van der Waals surface area contributed by atoms with Gasteiger partial charge in [-0.1, -0.05) is 48.0 Å². The highest BCUT2D eigenvalue weighted by Crippen LogP contribution is 2.25. The number of carbonyl (C=O) groups is 1. The van der Waals surface area contributed by atoms with Crippen molar-refractivity contribution in [3.05, 3.63) is 70.1 Å². The lowest BCUT2D eigenvalue weighted by atomic mass is 10.2. The zero-order chi connectivity index (χ0) is 22.6. The van der Waals surface area contributed by atoms with Crippen LogP contribution in [0.5, 0.6) is 0 Å². The summed E-state index contributed by atoms with van der Waals surface area (Å²) in [4.78, 5) is 11.8. The van der Waals surface area contributed by atoms with Gasteiger partial charge in [-0.3, -0.25) is 9.52 Å². The number of nitrogens with one attached hydrogen (secondary N) is 2. The lowest BCUT2D eigenvalue weighted by molar-refractivity contribution is -0.115. The molecule has 2 aromatic carbocycles. The number of carbonyl (C=O) groups excluding carboxylic acids is 1. The van der Waals surface area contributed by atoms with Crippen molar-refractivity contribution in [1.29, 1.82) is 0 Å². The van der Waals surface area contributed by atoms with Crippen LogP contribution in [0.1, 0.15) is 35.9 Å². The number of amides is 1. The lowest BCUT2D eigenvalue weighted by Gasteiger charge is -2.11. The average Bonchev–Trinajstić information content (AvgIpc) is 3.08. The van der Waals surface area contributed by atoms with Crippen molar-refractivity contribution in [2.24, 2.45) is 0 Å². The van der Waals surface area contributed by atoms with E-state index in [1.54, 1.807) is 63.3 Å². The molecular weight excluding hydrogens is 438 g/mol. The zero-order valence-electron chi connectivity index (χ0n) is 17.3. The highest BCUT2D eigenvalue weighted by atomic mass is 35.5. The second-order valence-corrected chi connectivity index (χ2v) is 8.99. The van der Waals surface area contributed by atoms with Gasteiger partial charge < -0.3 is 9.84 Å². The Kier molecular flexibility index (Phi) is 6.82. The van der Waals surface area contributed by atoms with E-state index < -0.39 is 10.0 Å². The number of anilines is 2. The molecule has 3 aromatic rings. The van der Waals surface area contributed by atoms with Crippen molar-refractivity contribution in [1.82, 2.24) is 5.16 Å². The van der Waals surface area contributed by atoms with Crippen LogP contribution in [0.2, 0.25) is 5.02 Å². The summed E-state index contributed by atoms with van der Waals surface area (Å²) in [6, 6.07) is 11.4. The number of nitrogens with zero attached hydrogens (tertiary/aromatic N) is 1. The van der Waals surface area contributed by atoms with Crippen molar-refractivity contribution in [2.45, 2.75) is 32.1 Å². The molecule has 31 heavy (non-hydrogen) atoms. The van der Waals surface area contributed by atoms with Crippen molar-refractivity contribution in [3.63, 3.8) is 0 Å². The number of aryl methyl sites for hydroxylation is 2. The van der Waals surface area contributed by atoms with Gasteiger partial charge in [0.25, 0.3) is 10.0 Å². The van der Waals surface area contributed by atoms with Gasteiger partial charge in [-0.15, -0.1) is 0 Å². The van der Waals surface area contributed by atoms with Crippen LogP contribution in [0.15, 0.2) is 51.9 Å². The van der Waals surface area contributed by atoms with E-state index in [9.17, 15) is 13.2 Å². The van der Waals surface area contributed by atoms with Crippen LogP contribution in [0.25, 0.3) is 12.2 Å². The second kappa shape index (κ2) is 9.36. The lowest BCUT2D eigenvalue weighted by Crippen LogP contribution is -2.13. The van der Waals surface area contributed by atoms with Crippen LogP contribution in [0, 0.1) is 13.8 Å². The molecule has 7 nitrogen and oxygen atoms in total. The van der Waals surface area contributed by atoms with E-state index in [2.05, 4.69) is 15.2 Å². The molecule has 0 aliphatic carbocycles. The molecule has 0 saturated carbocycles. The number of benzene rings is 2. The van der Waals surface area contributed by atoms with Gasteiger partial charge in [0.1, 0.15) is 11.4 Å². The van der Waals surface area contributed by atoms with E-state index in [1.807, 2.05) is 0 Å². The van der Waals surface area contributed by atoms with Crippen LogP contribution in [-0.2, 0) is 14.8 Å². The molecule has 0 fully saturated rings. The predicted molar refractivity (Wildman–Crippen MR) is 123 cm³/mol. The Morgan fingerprint density at radius 2 is 1.84 bits per heavy atom. The molecule has 0 aliphatic heterocycles. The van der Waals surface area contributed by atoms with Gasteiger partial charge in [0.2, 0.25) is 5.91 Å². The fourth-order valence-electron chi connectivity index (χ4n) is 2.72. The monoisotopic (exact) mass is 459 g/mol. The fourth-order valence-corrected chi connectivity index (χ4v) is 4.01. The molecule has 3 rings (SSSR count). The molecule has 0 spiro atoms. The third-order valence-electron chi connectivity index (χ3n) is 4.54. The molecule has 162 valence electrons. The van der Waals surface area contributed by atoms with E-state index >= 15 is 0 Å². The highest BCUT2D eigenvalue weighted by molar-refractivity contribution is 7.92. The Bertz CT molecular complexity index is 1230. The summed E-state index contributed by atoms with van der Waals surface area (Å²) in [5, 5.41) is 7.09. The van der Waals surface area contributed by atoms with Crippen molar-refractivity contribution >= 4 is 51.1 Å². The van der Waals surface area contributed by atoms with E-state index in [-0.39, 0.29) is 10.8 Å². The predicted octanol–water partition coefficient (Wildman–Crippen LogP) is 5.26. The first kappa shape index (κ1) is 22.6. The average molecular weight is 460 g/mol. The van der Waals surface area contributed by atoms with Crippen LogP contribution in [-0.4, -0.2) is 19.5 Å². The Morgan fingerprint density at radius 3 is 2.52 bits per heavy atom. The van der Waals surface area contributed by atoms with Gasteiger partial charge in [-0.25, -0.2) is 8.42 Å². The highest BCUT2D eigenvalue weighted by Gasteiger charge is 2.16. The molecule has 0 atom stereocenters. The molecule has 0 unspecified atom stereocenters. The van der Waals surface area contributed by atoms with Gasteiger partial charge in [-0.05, 0) is 55.3 Å². The molecule has 0 radical (unpaired) electrons. The Balaban J connectivity index is 1.77. The Morgan fingerprint density at radius 1 is 1.13 bits per heavy atom. The first-order valence-electron chi connectivity index (χ1n) is 9.53. The Hall–Kier alpha value is -3.10. The summed E-state index contributed by atoms with van der Waals surface area (Å²) in [7, 11) is -3.76. The minimum absolute atomic E-state index is 0.121. The topological polar surface area (TPSA) is 101 Å². The van der Waals surface area contributed by atoms with Crippen molar-refractivity contribution in [2.75, 3.05) is 10.0 Å². The van der Waals surface area contributed by atoms with Gasteiger partial charge in [0, 0.05) is 11.4 Å². The van der Waals surface area contributed by atoms with Gasteiger partial charge in [-0.2, -0.15) is 0 Å². The van der Waals surface area contributed by atoms with Crippen molar-refractivity contribution in [3.8, 4) is 0 Å². The number of halogens is 1. The Labute approximate surface area is 186 Å². The van der Waals surface area contributed by atoms with Crippen LogP contribution < -0.4 is 10.0 Å². The quantitative estimate of drug-likeness (QED) is 0.501. The van der Waals surface area contributed by atoms with E-state index in [0.717, 1.165) is 11.1 Å². The molecule has 1 heterocycles. The van der Waals surface area contributed by atoms with E-state index in [4.69, 9.17) is 16.1 Å². The SMILES string of the molecule is CCC(=O)Nc1c(C)noc1/C=C\c1ccc(S(=O)(=O)Nc2cc(Cl)ccc2C)cc1. The summed E-state index contributed by atoms with van der Waals surface area (Å²) in [6.45, 7) is 5.29. The number of hydrogen-bond donors (Lipinski definition) is 2. The second-order valence-electron chi connectivity index (χ2n) is 6.88. The van der Waals surface area contributed by atoms with Gasteiger partial charge in [0.15, 0.2) is 5.76 Å². The number of rotatable bonds is 7. The first-order valence-corrected chi connectivity index (χ1v) is 11.4. The summed E-state index contributed by atoms with van der Waals surface area (Å²) < 4.78 is 33.2. The maximum Gasteiger partial charge on any atom is 0.261 e. The molecule has 0 saturated heterocycles. The largest absolute Gasteiger partial charge is 0.354 e. The standard InChI is InChI=1S/C22H22ClN3O4S/c1-4-21(27)24-22-15(3)25-30-20(22)12-8-16-6-10-18(11-7-16)31(28,29)26-19-13-17(23)9-5-14(19)2/h5-13,26H,4H2,1-3H3,(H,24,27)/b12-8-. The third-order valence-corrected chi connectivity index (χ3v) is 6.15. The molecule has 0 bridgehead atoms. The fraction of sp³-hybridized carbons (Fsp3) is 0.182. The molecule has 1 amide bonds. The van der Waals surface area contributed by atoms with Gasteiger partial charge in [0.05, 0.1) is 10.6 Å². The first-order chi connectivity index (χ1) is 14.7. The van der Waals surface area contributed by atoms with Crippen LogP contribution >= 0.6 is 11.6 Å². The third kappa shape index (κ3) is 5.53. The number of aromatic nitrogens is 1. The number of sulfonamides is 1. The number of hydrogen-bond acceptors (Lipinski definition) is 5. The maximum atomic E-state index is 12.7. The molecular formula is C22H22ClN3O4S. The van der Waals surface area contributed by atoms with E-state index in [1.165, 1.54) is 12.1 Å². The molecule has 2 N–H and O–H groups in total. The summed E-state index contributed by atoms with van der Waals surface area (Å²) in [5.74, 6) is 0.270. The summed E-state index contributed by atoms with van der Waals surface area (Å²) >= 11 is 5.97. The van der Waals surface area contributed by atoms with Crippen LogP contribution in [0.3, 0.4) is 0 Å². The van der Waals surface area contributed by atoms with E-state index in [0.29, 0.717) is 34.3 Å². The maximum absolute atomic E-state index is 12.7. The molecule has 9 heteroatoms. The van der Waals surface area contributed by atoms with Crippen LogP contribution in [0.4, 0.5) is 11.4 Å². The zero-order valence-corrected chi connectivity index (χ0v) is 18.8. The van der Waals surface area contributed by atoms with Crippen molar-refractivity contribution < 1.29 is 17.7 Å². The normalized spacial score (nSPS) is 11.6.